The van der Waals surface area contributed by atoms with Crippen LogP contribution < -0.4 is 11.1 Å². The Kier molecular flexibility index (Phi) is 4.24. The average Bonchev–Trinajstić information content (AvgIpc) is 3.09. The second-order valence-electron chi connectivity index (χ2n) is 4.82. The first-order valence-electron chi connectivity index (χ1n) is 6.37. The van der Waals surface area contributed by atoms with Crippen molar-refractivity contribution < 1.29 is 17.9 Å². The number of thiophene rings is 1. The zero-order valence-corrected chi connectivity index (χ0v) is 13.1. The Morgan fingerprint density at radius 1 is 1.50 bits per heavy atom. The fourth-order valence-electron chi connectivity index (χ4n) is 1.82. The Morgan fingerprint density at radius 2 is 2.15 bits per heavy atom. The van der Waals surface area contributed by atoms with E-state index in [2.05, 4.69) is 5.32 Å². The average molecular weight is 318 g/mol. The highest BCUT2D eigenvalue weighted by Crippen LogP contribution is 2.40. The molecule has 0 unspecified atom stereocenters. The summed E-state index contributed by atoms with van der Waals surface area (Å²) in [5, 5.41) is 3.52. The van der Waals surface area contributed by atoms with E-state index in [1.54, 1.807) is 6.92 Å². The summed E-state index contributed by atoms with van der Waals surface area (Å²) in [6.07, 6.45) is 3.38. The van der Waals surface area contributed by atoms with E-state index >= 15 is 0 Å². The Morgan fingerprint density at radius 3 is 2.65 bits per heavy atom. The molecule has 1 aromatic heterocycles. The molecule has 1 aromatic rings. The minimum atomic E-state index is -3.50. The molecule has 8 heteroatoms. The number of rotatable bonds is 6. The van der Waals surface area contributed by atoms with Gasteiger partial charge in [-0.15, -0.1) is 11.3 Å². The van der Waals surface area contributed by atoms with E-state index in [1.807, 2.05) is 0 Å². The lowest BCUT2D eigenvalue weighted by Gasteiger charge is -2.05. The molecule has 0 radical (unpaired) electrons. The highest BCUT2D eigenvalue weighted by atomic mass is 32.2. The van der Waals surface area contributed by atoms with Gasteiger partial charge in [-0.3, -0.25) is 0 Å². The number of nitrogens with two attached hydrogens (primary N) is 1. The number of ether oxygens (including phenoxy) is 1. The Balaban J connectivity index is 2.37. The summed E-state index contributed by atoms with van der Waals surface area (Å²) in [4.78, 5) is 11.9. The van der Waals surface area contributed by atoms with Crippen LogP contribution in [0.3, 0.4) is 0 Å². The van der Waals surface area contributed by atoms with Crippen LogP contribution in [-0.2, 0) is 14.6 Å². The molecule has 0 spiro atoms. The van der Waals surface area contributed by atoms with Crippen molar-refractivity contribution in [3.05, 3.63) is 4.88 Å². The Hall–Kier alpha value is -1.28. The van der Waals surface area contributed by atoms with Crippen LogP contribution in [0.1, 0.15) is 29.4 Å². The van der Waals surface area contributed by atoms with E-state index in [4.69, 9.17) is 10.5 Å². The first-order chi connectivity index (χ1) is 9.34. The maximum atomic E-state index is 11.9. The molecule has 1 heterocycles. The van der Waals surface area contributed by atoms with Gasteiger partial charge in [-0.25, -0.2) is 13.2 Å². The summed E-state index contributed by atoms with van der Waals surface area (Å²) in [5.41, 5.74) is 5.81. The highest BCUT2D eigenvalue weighted by molar-refractivity contribution is 7.91. The number of sulfone groups is 1. The van der Waals surface area contributed by atoms with Crippen LogP contribution in [0.15, 0.2) is 4.90 Å². The molecule has 0 aromatic carbocycles. The summed E-state index contributed by atoms with van der Waals surface area (Å²) in [5.74, 6) is -0.00356. The number of nitrogens with one attached hydrogen (secondary N) is 1. The summed E-state index contributed by atoms with van der Waals surface area (Å²) in [6.45, 7) is 2.60. The van der Waals surface area contributed by atoms with Crippen molar-refractivity contribution >= 4 is 37.8 Å². The third kappa shape index (κ3) is 3.24. The first-order valence-corrected chi connectivity index (χ1v) is 9.08. The molecule has 1 saturated carbocycles. The Labute approximate surface area is 122 Å². The SMILES string of the molecule is CCOC(=O)c1sc(NCC2CC2)c(S(C)(=O)=O)c1N. The summed E-state index contributed by atoms with van der Waals surface area (Å²) >= 11 is 1.04. The van der Waals surface area contributed by atoms with E-state index in [9.17, 15) is 13.2 Å². The van der Waals surface area contributed by atoms with Crippen molar-refractivity contribution in [3.63, 3.8) is 0 Å². The van der Waals surface area contributed by atoms with Crippen LogP contribution in [0.4, 0.5) is 10.7 Å². The lowest BCUT2D eigenvalue weighted by atomic mass is 10.4. The van der Waals surface area contributed by atoms with Gasteiger partial charge in [0.25, 0.3) is 0 Å². The molecule has 2 rings (SSSR count). The first kappa shape index (κ1) is 15.1. The smallest absolute Gasteiger partial charge is 0.350 e. The van der Waals surface area contributed by atoms with Gasteiger partial charge in [0.15, 0.2) is 9.84 Å². The summed E-state index contributed by atoms with van der Waals surface area (Å²) in [6, 6.07) is 0. The molecule has 1 aliphatic rings. The number of nitrogen functional groups attached to an aromatic ring is 1. The maximum absolute atomic E-state index is 11.9. The zero-order valence-electron chi connectivity index (χ0n) is 11.4. The van der Waals surface area contributed by atoms with Crippen molar-refractivity contribution in [1.29, 1.82) is 0 Å². The number of anilines is 2. The van der Waals surface area contributed by atoms with Gasteiger partial charge in [-0.1, -0.05) is 0 Å². The minimum absolute atomic E-state index is 0.00574. The largest absolute Gasteiger partial charge is 0.462 e. The van der Waals surface area contributed by atoms with Gasteiger partial charge in [-0.2, -0.15) is 0 Å². The second-order valence-corrected chi connectivity index (χ2v) is 7.79. The molecular formula is C12H18N2O4S2. The standard InChI is InChI=1S/C12H18N2O4S2/c1-3-18-12(15)9-8(13)10(20(2,16)17)11(19-9)14-6-7-4-5-7/h7,14H,3-6,13H2,1-2H3. The van der Waals surface area contributed by atoms with Gasteiger partial charge >= 0.3 is 5.97 Å². The van der Waals surface area contributed by atoms with Gasteiger partial charge in [-0.05, 0) is 25.7 Å². The van der Waals surface area contributed by atoms with E-state index < -0.39 is 15.8 Å². The number of carbonyl (C=O) groups excluding carboxylic acids is 1. The molecule has 0 atom stereocenters. The van der Waals surface area contributed by atoms with Gasteiger partial charge in [0.2, 0.25) is 0 Å². The van der Waals surface area contributed by atoms with Crippen LogP contribution >= 0.6 is 11.3 Å². The molecule has 3 N–H and O–H groups in total. The highest BCUT2D eigenvalue weighted by Gasteiger charge is 2.29. The Bertz CT molecular complexity index is 618. The number of hydrogen-bond acceptors (Lipinski definition) is 7. The number of carbonyl (C=O) groups is 1. The lowest BCUT2D eigenvalue weighted by Crippen LogP contribution is -2.09. The molecular weight excluding hydrogens is 300 g/mol. The molecule has 1 fully saturated rings. The van der Waals surface area contributed by atoms with Crippen molar-refractivity contribution in [2.75, 3.05) is 30.5 Å². The fourth-order valence-corrected chi connectivity index (χ4v) is 4.29. The van der Waals surface area contributed by atoms with Gasteiger partial charge in [0.05, 0.1) is 12.3 Å². The monoisotopic (exact) mass is 318 g/mol. The van der Waals surface area contributed by atoms with Crippen LogP contribution in [-0.4, -0.2) is 33.8 Å². The van der Waals surface area contributed by atoms with Crippen LogP contribution in [0.5, 0.6) is 0 Å². The number of esters is 1. The second kappa shape index (κ2) is 5.61. The minimum Gasteiger partial charge on any atom is -0.462 e. The van der Waals surface area contributed by atoms with E-state index in [0.29, 0.717) is 17.5 Å². The molecule has 0 amide bonds. The molecule has 0 aliphatic heterocycles. The molecule has 0 saturated heterocycles. The van der Waals surface area contributed by atoms with E-state index in [1.165, 1.54) is 0 Å². The van der Waals surface area contributed by atoms with E-state index in [-0.39, 0.29) is 22.1 Å². The molecule has 6 nitrogen and oxygen atoms in total. The predicted octanol–water partition coefficient (Wildman–Crippen LogP) is 1.73. The van der Waals surface area contributed by atoms with Crippen LogP contribution in [0, 0.1) is 5.92 Å². The molecule has 20 heavy (non-hydrogen) atoms. The third-order valence-electron chi connectivity index (χ3n) is 2.98. The van der Waals surface area contributed by atoms with Gasteiger partial charge < -0.3 is 15.8 Å². The lowest BCUT2D eigenvalue weighted by molar-refractivity contribution is 0.0533. The van der Waals surface area contributed by atoms with Crippen molar-refractivity contribution in [3.8, 4) is 0 Å². The quantitative estimate of drug-likeness (QED) is 0.775. The van der Waals surface area contributed by atoms with Crippen molar-refractivity contribution in [2.24, 2.45) is 5.92 Å². The third-order valence-corrected chi connectivity index (χ3v) is 5.42. The zero-order chi connectivity index (χ0) is 14.9. The molecule has 112 valence electrons. The van der Waals surface area contributed by atoms with Crippen molar-refractivity contribution in [1.82, 2.24) is 0 Å². The van der Waals surface area contributed by atoms with Gasteiger partial charge in [0.1, 0.15) is 14.8 Å². The predicted molar refractivity (Wildman–Crippen MR) is 79.0 cm³/mol. The fraction of sp³-hybridized carbons (Fsp3) is 0.583. The maximum Gasteiger partial charge on any atom is 0.350 e. The van der Waals surface area contributed by atoms with E-state index in [0.717, 1.165) is 30.4 Å². The van der Waals surface area contributed by atoms with Gasteiger partial charge in [0, 0.05) is 12.8 Å². The summed E-state index contributed by atoms with van der Waals surface area (Å²) < 4.78 is 28.6. The normalized spacial score (nSPS) is 15.1. The van der Waals surface area contributed by atoms with Crippen LogP contribution in [0.25, 0.3) is 0 Å². The summed E-state index contributed by atoms with van der Waals surface area (Å²) in [7, 11) is -3.50. The molecule has 1 aliphatic carbocycles. The van der Waals surface area contributed by atoms with Crippen molar-refractivity contribution in [2.45, 2.75) is 24.7 Å². The topological polar surface area (TPSA) is 98.5 Å². The van der Waals surface area contributed by atoms with Crippen LogP contribution in [0.2, 0.25) is 0 Å². The molecule has 0 bridgehead atoms. The number of hydrogen-bond donors (Lipinski definition) is 2.